The van der Waals surface area contributed by atoms with Gasteiger partial charge in [-0.25, -0.2) is 0 Å². The Morgan fingerprint density at radius 3 is 2.80 bits per heavy atom. The topological polar surface area (TPSA) is 72.2 Å². The van der Waals surface area contributed by atoms with Crippen LogP contribution in [-0.4, -0.2) is 10.8 Å². The molecule has 104 valence electrons. The predicted octanol–water partition coefficient (Wildman–Crippen LogP) is 3.49. The fourth-order valence-electron chi connectivity index (χ4n) is 1.51. The van der Waals surface area contributed by atoms with Crippen molar-refractivity contribution in [2.75, 3.05) is 0 Å². The van der Waals surface area contributed by atoms with Gasteiger partial charge in [-0.05, 0) is 34.1 Å². The number of thiophene rings is 1. The van der Waals surface area contributed by atoms with Gasteiger partial charge in [-0.3, -0.25) is 14.9 Å². The molecule has 20 heavy (non-hydrogen) atoms. The van der Waals surface area contributed by atoms with Crippen molar-refractivity contribution in [1.82, 2.24) is 5.32 Å². The molecule has 8 heteroatoms. The molecule has 1 aromatic heterocycles. The molecule has 2 rings (SSSR count). The maximum atomic E-state index is 13.2. The normalized spacial score (nSPS) is 10.3. The highest BCUT2D eigenvalue weighted by Crippen LogP contribution is 2.20. The Morgan fingerprint density at radius 1 is 1.45 bits per heavy atom. The number of hydrogen-bond acceptors (Lipinski definition) is 4. The maximum absolute atomic E-state index is 13.2. The minimum absolute atomic E-state index is 0.0497. The standard InChI is InChI=1S/C12H8BrFN2O3S/c13-8-4-9(20-6-8)5-15-12(17)7-1-2-10(14)11(3-7)16(18)19/h1-4,6H,5H2,(H,15,17). The second kappa shape index (κ2) is 6.10. The molecule has 0 saturated heterocycles. The van der Waals surface area contributed by atoms with E-state index in [2.05, 4.69) is 21.2 Å². The lowest BCUT2D eigenvalue weighted by molar-refractivity contribution is -0.387. The van der Waals surface area contributed by atoms with E-state index in [1.54, 1.807) is 0 Å². The largest absolute Gasteiger partial charge is 0.347 e. The lowest BCUT2D eigenvalue weighted by Gasteiger charge is -2.04. The van der Waals surface area contributed by atoms with E-state index in [4.69, 9.17) is 0 Å². The molecule has 1 amide bonds. The van der Waals surface area contributed by atoms with Crippen LogP contribution in [0.1, 0.15) is 15.2 Å². The van der Waals surface area contributed by atoms with E-state index in [0.29, 0.717) is 6.54 Å². The highest BCUT2D eigenvalue weighted by molar-refractivity contribution is 9.10. The third kappa shape index (κ3) is 3.40. The van der Waals surface area contributed by atoms with Crippen LogP contribution in [0, 0.1) is 15.9 Å². The molecule has 2 aromatic rings. The van der Waals surface area contributed by atoms with Gasteiger partial charge in [0.05, 0.1) is 11.5 Å². The third-order valence-electron chi connectivity index (χ3n) is 2.45. The van der Waals surface area contributed by atoms with E-state index in [-0.39, 0.29) is 5.56 Å². The average Bonchev–Trinajstić information content (AvgIpc) is 2.82. The van der Waals surface area contributed by atoms with Gasteiger partial charge in [0.15, 0.2) is 0 Å². The van der Waals surface area contributed by atoms with Crippen LogP contribution in [-0.2, 0) is 6.54 Å². The van der Waals surface area contributed by atoms with E-state index in [0.717, 1.165) is 21.5 Å². The molecule has 1 aromatic carbocycles. The van der Waals surface area contributed by atoms with Crippen molar-refractivity contribution in [2.45, 2.75) is 6.54 Å². The molecule has 0 aliphatic heterocycles. The molecule has 0 unspecified atom stereocenters. The van der Waals surface area contributed by atoms with E-state index in [1.807, 2.05) is 11.4 Å². The zero-order chi connectivity index (χ0) is 14.7. The fraction of sp³-hybridized carbons (Fsp3) is 0.0833. The number of hydrogen-bond donors (Lipinski definition) is 1. The summed E-state index contributed by atoms with van der Waals surface area (Å²) >= 11 is 4.77. The molecule has 0 saturated carbocycles. The Kier molecular flexibility index (Phi) is 4.46. The first-order chi connectivity index (χ1) is 9.47. The summed E-state index contributed by atoms with van der Waals surface area (Å²) in [6.45, 7) is 0.306. The zero-order valence-corrected chi connectivity index (χ0v) is 12.3. The van der Waals surface area contributed by atoms with Gasteiger partial charge in [-0.1, -0.05) is 0 Å². The van der Waals surface area contributed by atoms with Crippen molar-refractivity contribution >= 4 is 38.9 Å². The van der Waals surface area contributed by atoms with Crippen molar-refractivity contribution in [1.29, 1.82) is 0 Å². The lowest BCUT2D eigenvalue weighted by Crippen LogP contribution is -2.22. The quantitative estimate of drug-likeness (QED) is 0.671. The van der Waals surface area contributed by atoms with E-state index in [9.17, 15) is 19.3 Å². The number of nitrogens with one attached hydrogen (secondary N) is 1. The monoisotopic (exact) mass is 358 g/mol. The molecule has 1 heterocycles. The van der Waals surface area contributed by atoms with Crippen molar-refractivity contribution in [3.63, 3.8) is 0 Å². The van der Waals surface area contributed by atoms with Crippen molar-refractivity contribution < 1.29 is 14.1 Å². The van der Waals surface area contributed by atoms with E-state index < -0.39 is 22.3 Å². The summed E-state index contributed by atoms with van der Waals surface area (Å²) in [5.74, 6) is -1.45. The first-order valence-corrected chi connectivity index (χ1v) is 7.09. The van der Waals surface area contributed by atoms with Crippen molar-refractivity contribution in [2.24, 2.45) is 0 Å². The highest BCUT2D eigenvalue weighted by atomic mass is 79.9. The van der Waals surface area contributed by atoms with Gasteiger partial charge in [0, 0.05) is 26.4 Å². The summed E-state index contributed by atoms with van der Waals surface area (Å²) in [5, 5.41) is 15.1. The Labute approximate surface area is 125 Å². The molecule has 0 fully saturated rings. The van der Waals surface area contributed by atoms with Crippen LogP contribution in [0.4, 0.5) is 10.1 Å². The van der Waals surface area contributed by atoms with Crippen LogP contribution in [0.3, 0.4) is 0 Å². The molecule has 1 N–H and O–H groups in total. The maximum Gasteiger partial charge on any atom is 0.305 e. The number of carbonyl (C=O) groups excluding carboxylic acids is 1. The van der Waals surface area contributed by atoms with Crippen molar-refractivity contribution in [3.05, 3.63) is 60.5 Å². The van der Waals surface area contributed by atoms with Gasteiger partial charge in [-0.15, -0.1) is 11.3 Å². The molecule has 0 aliphatic rings. The molecule has 5 nitrogen and oxygen atoms in total. The van der Waals surface area contributed by atoms with Gasteiger partial charge in [0.1, 0.15) is 0 Å². The SMILES string of the molecule is O=C(NCc1cc(Br)cs1)c1ccc(F)c([N+](=O)[O-])c1. The number of rotatable bonds is 4. The van der Waals surface area contributed by atoms with Crippen molar-refractivity contribution in [3.8, 4) is 0 Å². The molecule has 0 atom stereocenters. The third-order valence-corrected chi connectivity index (χ3v) is 4.15. The summed E-state index contributed by atoms with van der Waals surface area (Å²) in [6, 6.07) is 4.91. The predicted molar refractivity (Wildman–Crippen MR) is 76.2 cm³/mol. The molecule has 0 bridgehead atoms. The smallest absolute Gasteiger partial charge is 0.305 e. The van der Waals surface area contributed by atoms with Crippen LogP contribution in [0.25, 0.3) is 0 Å². The van der Waals surface area contributed by atoms with Gasteiger partial charge in [0.25, 0.3) is 5.91 Å². The second-order valence-electron chi connectivity index (χ2n) is 3.84. The second-order valence-corrected chi connectivity index (χ2v) is 5.75. The number of benzene rings is 1. The highest BCUT2D eigenvalue weighted by Gasteiger charge is 2.17. The first-order valence-electron chi connectivity index (χ1n) is 5.42. The van der Waals surface area contributed by atoms with Crippen LogP contribution >= 0.6 is 27.3 Å². The molecule has 0 spiro atoms. The van der Waals surface area contributed by atoms with Gasteiger partial charge >= 0.3 is 5.69 Å². The Morgan fingerprint density at radius 2 is 2.20 bits per heavy atom. The number of nitrogens with zero attached hydrogens (tertiary/aromatic N) is 1. The first kappa shape index (κ1) is 14.6. The molecule has 0 aliphatic carbocycles. The zero-order valence-electron chi connectivity index (χ0n) is 9.93. The lowest BCUT2D eigenvalue weighted by atomic mass is 10.2. The van der Waals surface area contributed by atoms with Gasteiger partial charge in [0.2, 0.25) is 5.82 Å². The number of halogens is 2. The average molecular weight is 359 g/mol. The molecular weight excluding hydrogens is 351 g/mol. The van der Waals surface area contributed by atoms with E-state index in [1.165, 1.54) is 17.4 Å². The summed E-state index contributed by atoms with van der Waals surface area (Å²) < 4.78 is 14.1. The Hall–Kier alpha value is -1.80. The number of nitro groups is 1. The summed E-state index contributed by atoms with van der Waals surface area (Å²) in [7, 11) is 0. The number of carbonyl (C=O) groups is 1. The van der Waals surface area contributed by atoms with Gasteiger partial charge in [-0.2, -0.15) is 4.39 Å². The number of nitro benzene ring substituents is 1. The summed E-state index contributed by atoms with van der Waals surface area (Å²) in [5.41, 5.74) is -0.662. The van der Waals surface area contributed by atoms with Crippen LogP contribution in [0.5, 0.6) is 0 Å². The summed E-state index contributed by atoms with van der Waals surface area (Å²) in [6.07, 6.45) is 0. The fourth-order valence-corrected chi connectivity index (χ4v) is 2.90. The minimum atomic E-state index is -0.964. The molecule has 0 radical (unpaired) electrons. The van der Waals surface area contributed by atoms with Crippen LogP contribution in [0.15, 0.2) is 34.1 Å². The minimum Gasteiger partial charge on any atom is -0.347 e. The van der Waals surface area contributed by atoms with E-state index >= 15 is 0 Å². The van der Waals surface area contributed by atoms with Crippen LogP contribution in [0.2, 0.25) is 0 Å². The Balaban J connectivity index is 2.09. The Bertz CT molecular complexity index is 674. The number of amides is 1. The van der Waals surface area contributed by atoms with Crippen LogP contribution < -0.4 is 5.32 Å². The molecular formula is C12H8BrFN2O3S. The summed E-state index contributed by atoms with van der Waals surface area (Å²) in [4.78, 5) is 22.5. The van der Waals surface area contributed by atoms with Gasteiger partial charge < -0.3 is 5.32 Å².